The van der Waals surface area contributed by atoms with Crippen molar-refractivity contribution in [3.8, 4) is 5.75 Å². The molecule has 1 amide bonds. The van der Waals surface area contributed by atoms with E-state index in [4.69, 9.17) is 4.18 Å². The van der Waals surface area contributed by atoms with E-state index in [0.29, 0.717) is 4.47 Å². The van der Waals surface area contributed by atoms with E-state index in [0.717, 1.165) is 36.5 Å². The van der Waals surface area contributed by atoms with Crippen molar-refractivity contribution in [2.24, 2.45) is 5.10 Å². The molecule has 0 fully saturated rings. The number of nitro benzene ring substituents is 1. The van der Waals surface area contributed by atoms with Crippen molar-refractivity contribution in [2.75, 3.05) is 0 Å². The molecule has 0 atom stereocenters. The molecule has 0 saturated carbocycles. The summed E-state index contributed by atoms with van der Waals surface area (Å²) < 4.78 is 69.4. The number of amides is 1. The van der Waals surface area contributed by atoms with Gasteiger partial charge in [0.2, 0.25) is 5.91 Å². The van der Waals surface area contributed by atoms with Crippen LogP contribution < -0.4 is 9.61 Å². The third-order valence-electron chi connectivity index (χ3n) is 4.50. The van der Waals surface area contributed by atoms with Crippen LogP contribution in [0.1, 0.15) is 16.7 Å². The zero-order chi connectivity index (χ0) is 26.5. The maximum Gasteiger partial charge on any atom is 0.416 e. The summed E-state index contributed by atoms with van der Waals surface area (Å²) in [6.07, 6.45) is -3.86. The van der Waals surface area contributed by atoms with Crippen LogP contribution in [0.3, 0.4) is 0 Å². The lowest BCUT2D eigenvalue weighted by atomic mass is 10.1. The number of hydrogen-bond donors (Lipinski definition) is 1. The van der Waals surface area contributed by atoms with E-state index >= 15 is 0 Å². The summed E-state index contributed by atoms with van der Waals surface area (Å²) in [7, 11) is -4.46. The first-order valence-corrected chi connectivity index (χ1v) is 12.0. The van der Waals surface area contributed by atoms with Crippen molar-refractivity contribution in [1.82, 2.24) is 5.43 Å². The monoisotopic (exact) mass is 585 g/mol. The molecule has 9 nitrogen and oxygen atoms in total. The van der Waals surface area contributed by atoms with Crippen LogP contribution in [0, 0.1) is 10.1 Å². The van der Waals surface area contributed by atoms with Gasteiger partial charge in [-0.2, -0.15) is 26.7 Å². The molecule has 0 aliphatic rings. The number of nitrogens with one attached hydrogen (secondary N) is 1. The van der Waals surface area contributed by atoms with Crippen LogP contribution in [-0.2, 0) is 27.5 Å². The minimum absolute atomic E-state index is 0.109. The molecule has 3 aromatic rings. The molecular weight excluding hydrogens is 571 g/mol. The van der Waals surface area contributed by atoms with Gasteiger partial charge >= 0.3 is 16.3 Å². The van der Waals surface area contributed by atoms with Crippen LogP contribution in [0.5, 0.6) is 5.75 Å². The Morgan fingerprint density at radius 3 is 2.53 bits per heavy atom. The SMILES string of the molecule is O=C(Cc1cccc(C(F)(F)F)c1)N/N=C\c1cc(Br)ccc1OS(=O)(=O)c1cccc([N+](=O)[O-])c1. The van der Waals surface area contributed by atoms with Gasteiger partial charge in [0, 0.05) is 22.2 Å². The second kappa shape index (κ2) is 10.9. The van der Waals surface area contributed by atoms with E-state index in [9.17, 15) is 36.5 Å². The number of rotatable bonds is 8. The Hall–Kier alpha value is -3.78. The van der Waals surface area contributed by atoms with Crippen LogP contribution in [0.25, 0.3) is 0 Å². The average Bonchev–Trinajstić information content (AvgIpc) is 2.80. The fraction of sp³-hybridized carbons (Fsp3) is 0.0909. The van der Waals surface area contributed by atoms with E-state index in [2.05, 4.69) is 26.5 Å². The van der Waals surface area contributed by atoms with Gasteiger partial charge in [-0.3, -0.25) is 14.9 Å². The third-order valence-corrected chi connectivity index (χ3v) is 6.22. The first-order chi connectivity index (χ1) is 16.8. The van der Waals surface area contributed by atoms with Gasteiger partial charge < -0.3 is 4.18 Å². The number of nitro groups is 1. The number of non-ortho nitro benzene ring substituents is 1. The number of hydrogen-bond acceptors (Lipinski definition) is 7. The first-order valence-electron chi connectivity index (χ1n) is 9.82. The summed E-state index contributed by atoms with van der Waals surface area (Å²) in [5.41, 5.74) is 1.04. The van der Waals surface area contributed by atoms with Crippen LogP contribution in [-0.4, -0.2) is 25.5 Å². The fourth-order valence-electron chi connectivity index (χ4n) is 2.87. The largest absolute Gasteiger partial charge is 0.416 e. The zero-order valence-electron chi connectivity index (χ0n) is 17.9. The molecular formula is C22H15BrF3N3O6S. The number of carbonyl (C=O) groups is 1. The van der Waals surface area contributed by atoms with E-state index in [-0.39, 0.29) is 23.3 Å². The molecule has 0 unspecified atom stereocenters. The Balaban J connectivity index is 1.75. The molecule has 0 heterocycles. The van der Waals surface area contributed by atoms with Gasteiger partial charge in [0.15, 0.2) is 5.75 Å². The smallest absolute Gasteiger partial charge is 0.378 e. The molecule has 0 saturated heterocycles. The van der Waals surface area contributed by atoms with Crippen molar-refractivity contribution in [2.45, 2.75) is 17.5 Å². The topological polar surface area (TPSA) is 128 Å². The Morgan fingerprint density at radius 2 is 1.83 bits per heavy atom. The lowest BCUT2D eigenvalue weighted by Crippen LogP contribution is -2.20. The molecule has 36 heavy (non-hydrogen) atoms. The second-order valence-electron chi connectivity index (χ2n) is 7.14. The quantitative estimate of drug-likeness (QED) is 0.174. The molecule has 3 rings (SSSR count). The van der Waals surface area contributed by atoms with Crippen molar-refractivity contribution in [3.63, 3.8) is 0 Å². The Bertz CT molecular complexity index is 1440. The van der Waals surface area contributed by atoms with Crippen LogP contribution >= 0.6 is 15.9 Å². The van der Waals surface area contributed by atoms with Gasteiger partial charge in [-0.25, -0.2) is 5.43 Å². The molecule has 14 heteroatoms. The van der Waals surface area contributed by atoms with Crippen LogP contribution in [0.2, 0.25) is 0 Å². The number of nitrogens with zero attached hydrogens (tertiary/aromatic N) is 2. The summed E-state index contributed by atoms with van der Waals surface area (Å²) in [6.45, 7) is 0. The zero-order valence-corrected chi connectivity index (χ0v) is 20.3. The molecule has 0 radical (unpaired) electrons. The van der Waals surface area contributed by atoms with Crippen LogP contribution in [0.15, 0.2) is 81.2 Å². The highest BCUT2D eigenvalue weighted by atomic mass is 79.9. The van der Waals surface area contributed by atoms with E-state index < -0.39 is 43.3 Å². The molecule has 0 aromatic heterocycles. The second-order valence-corrected chi connectivity index (χ2v) is 9.60. The van der Waals surface area contributed by atoms with Crippen molar-refractivity contribution in [3.05, 3.63) is 98.0 Å². The number of alkyl halides is 3. The van der Waals surface area contributed by atoms with Gasteiger partial charge in [-0.05, 0) is 35.9 Å². The highest BCUT2D eigenvalue weighted by molar-refractivity contribution is 9.10. The molecule has 0 aliphatic carbocycles. The van der Waals surface area contributed by atoms with Crippen molar-refractivity contribution < 1.29 is 35.5 Å². The number of hydrazone groups is 1. The normalized spacial score (nSPS) is 11.9. The molecule has 0 aliphatic heterocycles. The third kappa shape index (κ3) is 7.11. The lowest BCUT2D eigenvalue weighted by molar-refractivity contribution is -0.385. The van der Waals surface area contributed by atoms with Crippen LogP contribution in [0.4, 0.5) is 18.9 Å². The molecule has 1 N–H and O–H groups in total. The highest BCUT2D eigenvalue weighted by Gasteiger charge is 2.30. The number of carbonyl (C=O) groups excluding carboxylic acids is 1. The number of benzene rings is 3. The summed E-state index contributed by atoms with van der Waals surface area (Å²) in [5.74, 6) is -0.909. The van der Waals surface area contributed by atoms with Crippen molar-refractivity contribution in [1.29, 1.82) is 0 Å². The lowest BCUT2D eigenvalue weighted by Gasteiger charge is -2.10. The Morgan fingerprint density at radius 1 is 1.11 bits per heavy atom. The highest BCUT2D eigenvalue weighted by Crippen LogP contribution is 2.30. The van der Waals surface area contributed by atoms with E-state index in [1.165, 1.54) is 36.4 Å². The Kier molecular flexibility index (Phi) is 8.10. The maximum atomic E-state index is 12.8. The summed E-state index contributed by atoms with van der Waals surface area (Å²) in [6, 6.07) is 12.8. The number of halogens is 4. The van der Waals surface area contributed by atoms with Crippen molar-refractivity contribution >= 4 is 43.9 Å². The Labute approximate surface area is 211 Å². The maximum absolute atomic E-state index is 12.8. The van der Waals surface area contributed by atoms with Gasteiger partial charge in [-0.1, -0.05) is 40.2 Å². The molecule has 188 valence electrons. The van der Waals surface area contributed by atoms with Gasteiger partial charge in [-0.15, -0.1) is 0 Å². The fourth-order valence-corrected chi connectivity index (χ4v) is 4.24. The predicted molar refractivity (Wildman–Crippen MR) is 126 cm³/mol. The van der Waals surface area contributed by atoms with Gasteiger partial charge in [0.25, 0.3) is 5.69 Å². The van der Waals surface area contributed by atoms with E-state index in [1.807, 2.05) is 0 Å². The molecule has 3 aromatic carbocycles. The predicted octanol–water partition coefficient (Wildman–Crippen LogP) is 4.84. The molecule has 0 spiro atoms. The summed E-state index contributed by atoms with van der Waals surface area (Å²) in [4.78, 5) is 21.9. The summed E-state index contributed by atoms with van der Waals surface area (Å²) >= 11 is 3.21. The standard InChI is InChI=1S/C22H15BrF3N3O6S/c23-17-7-8-20(35-36(33,34)19-6-2-5-18(12-19)29(31)32)15(11-17)13-27-28-21(30)10-14-3-1-4-16(9-14)22(24,25)26/h1-9,11-13H,10H2,(H,28,30)/b27-13-. The first kappa shape index (κ1) is 26.8. The minimum Gasteiger partial charge on any atom is -0.378 e. The average molecular weight is 586 g/mol. The molecule has 0 bridgehead atoms. The van der Waals surface area contributed by atoms with Gasteiger partial charge in [0.05, 0.1) is 23.1 Å². The minimum atomic E-state index is -4.55. The van der Waals surface area contributed by atoms with E-state index in [1.54, 1.807) is 0 Å². The summed E-state index contributed by atoms with van der Waals surface area (Å²) in [5, 5.41) is 14.7. The van der Waals surface area contributed by atoms with Gasteiger partial charge in [0.1, 0.15) is 4.90 Å².